The first-order valence-electron chi connectivity index (χ1n) is 11.6. The van der Waals surface area contributed by atoms with Crippen molar-refractivity contribution in [2.45, 2.75) is 25.3 Å². The number of nitrogens with one attached hydrogen (secondary N) is 1. The Labute approximate surface area is 211 Å². The summed E-state index contributed by atoms with van der Waals surface area (Å²) >= 11 is 0. The molecule has 1 aliphatic heterocycles. The van der Waals surface area contributed by atoms with Gasteiger partial charge in [0, 0.05) is 23.4 Å². The van der Waals surface area contributed by atoms with E-state index in [1.54, 1.807) is 18.4 Å². The van der Waals surface area contributed by atoms with Gasteiger partial charge in [0.05, 0.1) is 36.5 Å². The molecule has 1 unspecified atom stereocenters. The van der Waals surface area contributed by atoms with Crippen molar-refractivity contribution < 1.29 is 22.8 Å². The normalized spacial score (nSPS) is 16.9. The molecule has 5 rings (SSSR count). The van der Waals surface area contributed by atoms with Crippen LogP contribution in [0.15, 0.2) is 59.3 Å². The highest BCUT2D eigenvalue weighted by molar-refractivity contribution is 6.07. The van der Waals surface area contributed by atoms with Crippen LogP contribution in [-0.4, -0.2) is 46.8 Å². The first-order valence-corrected chi connectivity index (χ1v) is 11.6. The number of carbonyl (C=O) groups is 2. The molecule has 2 aromatic carbocycles. The molecule has 1 aliphatic rings. The summed E-state index contributed by atoms with van der Waals surface area (Å²) in [7, 11) is 0. The lowest BCUT2D eigenvalue weighted by Crippen LogP contribution is -2.43. The number of alkyl halides is 2. The van der Waals surface area contributed by atoms with Crippen LogP contribution in [0.3, 0.4) is 0 Å². The SMILES string of the molecule is Cc1coc2cc(/C=C/c3ccc4nccc(C(=O)NCC(=O)N5CC(F)(F)CC5C#N)c4c3)ccc12. The Bertz CT molecular complexity index is 1600. The average molecular weight is 501 g/mol. The number of fused-ring (bicyclic) bond motifs is 2. The van der Waals surface area contributed by atoms with Gasteiger partial charge in [-0.15, -0.1) is 0 Å². The second kappa shape index (κ2) is 9.47. The van der Waals surface area contributed by atoms with Crippen LogP contribution in [0.2, 0.25) is 0 Å². The number of hydrogen-bond donors (Lipinski definition) is 1. The van der Waals surface area contributed by atoms with Crippen molar-refractivity contribution in [3.05, 3.63) is 77.2 Å². The van der Waals surface area contributed by atoms with Crippen LogP contribution in [0.25, 0.3) is 34.0 Å². The van der Waals surface area contributed by atoms with Gasteiger partial charge < -0.3 is 14.6 Å². The second-order valence-corrected chi connectivity index (χ2v) is 9.05. The molecule has 2 aromatic heterocycles. The average Bonchev–Trinajstić information content (AvgIpc) is 3.43. The maximum absolute atomic E-state index is 13.7. The minimum absolute atomic E-state index is 0.295. The van der Waals surface area contributed by atoms with Crippen LogP contribution < -0.4 is 5.32 Å². The Morgan fingerprint density at radius 3 is 2.73 bits per heavy atom. The van der Waals surface area contributed by atoms with E-state index in [4.69, 9.17) is 9.68 Å². The third-order valence-electron chi connectivity index (χ3n) is 6.41. The molecule has 7 nitrogen and oxygen atoms in total. The van der Waals surface area contributed by atoms with E-state index in [1.807, 2.05) is 49.4 Å². The molecule has 0 spiro atoms. The van der Waals surface area contributed by atoms with E-state index < -0.39 is 43.3 Å². The number of nitriles is 1. The molecule has 37 heavy (non-hydrogen) atoms. The Hall–Kier alpha value is -4.58. The van der Waals surface area contributed by atoms with Gasteiger partial charge in [-0.2, -0.15) is 5.26 Å². The highest BCUT2D eigenvalue weighted by Crippen LogP contribution is 2.31. The number of likely N-dealkylation sites (tertiary alicyclic amines) is 1. The molecule has 9 heteroatoms. The van der Waals surface area contributed by atoms with Gasteiger partial charge >= 0.3 is 0 Å². The van der Waals surface area contributed by atoms with Crippen molar-refractivity contribution in [3.8, 4) is 6.07 Å². The van der Waals surface area contributed by atoms with Crippen LogP contribution in [-0.2, 0) is 4.79 Å². The minimum atomic E-state index is -3.12. The van der Waals surface area contributed by atoms with Crippen molar-refractivity contribution in [3.63, 3.8) is 0 Å². The molecule has 4 aromatic rings. The molecule has 1 N–H and O–H groups in total. The number of aromatic nitrogens is 1. The Morgan fingerprint density at radius 1 is 1.19 bits per heavy atom. The van der Waals surface area contributed by atoms with Crippen molar-refractivity contribution in [1.82, 2.24) is 15.2 Å². The van der Waals surface area contributed by atoms with E-state index in [-0.39, 0.29) is 0 Å². The van der Waals surface area contributed by atoms with Crippen molar-refractivity contribution in [2.75, 3.05) is 13.1 Å². The van der Waals surface area contributed by atoms with Crippen LogP contribution in [0, 0.1) is 18.3 Å². The summed E-state index contributed by atoms with van der Waals surface area (Å²) in [4.78, 5) is 30.5. The largest absolute Gasteiger partial charge is 0.464 e. The van der Waals surface area contributed by atoms with Crippen molar-refractivity contribution in [1.29, 1.82) is 5.26 Å². The molecule has 0 saturated carbocycles. The number of hydrogen-bond acceptors (Lipinski definition) is 5. The summed E-state index contributed by atoms with van der Waals surface area (Å²) in [6.45, 7) is 0.660. The maximum atomic E-state index is 13.7. The van der Waals surface area contributed by atoms with E-state index in [0.717, 1.165) is 32.6 Å². The summed E-state index contributed by atoms with van der Waals surface area (Å²) in [6, 6.07) is 13.5. The third kappa shape index (κ3) is 4.91. The Kier molecular flexibility index (Phi) is 6.17. The zero-order valence-corrected chi connectivity index (χ0v) is 19.9. The minimum Gasteiger partial charge on any atom is -0.464 e. The van der Waals surface area contributed by atoms with Crippen molar-refractivity contribution >= 4 is 45.8 Å². The van der Waals surface area contributed by atoms with Crippen LogP contribution >= 0.6 is 0 Å². The van der Waals surface area contributed by atoms with E-state index >= 15 is 0 Å². The van der Waals surface area contributed by atoms with Gasteiger partial charge in [0.15, 0.2) is 0 Å². The molecule has 0 aliphatic carbocycles. The number of carbonyl (C=O) groups excluding carboxylic acids is 2. The number of pyridine rings is 1. The topological polar surface area (TPSA) is 99.2 Å². The molecular formula is C28H22F2N4O3. The number of rotatable bonds is 5. The highest BCUT2D eigenvalue weighted by atomic mass is 19.3. The summed E-state index contributed by atoms with van der Waals surface area (Å²) in [6.07, 6.45) is 6.34. The summed E-state index contributed by atoms with van der Waals surface area (Å²) in [5.41, 5.74) is 4.54. The molecule has 1 fully saturated rings. The lowest BCUT2D eigenvalue weighted by Gasteiger charge is -2.19. The quantitative estimate of drug-likeness (QED) is 0.391. The van der Waals surface area contributed by atoms with Gasteiger partial charge in [-0.1, -0.05) is 30.4 Å². The molecule has 1 saturated heterocycles. The fourth-order valence-corrected chi connectivity index (χ4v) is 4.49. The highest BCUT2D eigenvalue weighted by Gasteiger charge is 2.47. The molecule has 2 amide bonds. The predicted molar refractivity (Wildman–Crippen MR) is 135 cm³/mol. The summed E-state index contributed by atoms with van der Waals surface area (Å²) in [5.74, 6) is -4.39. The Balaban J connectivity index is 1.33. The van der Waals surface area contributed by atoms with Crippen molar-refractivity contribution in [2.24, 2.45) is 0 Å². The number of benzene rings is 2. The van der Waals surface area contributed by atoms with E-state index in [9.17, 15) is 18.4 Å². The second-order valence-electron chi connectivity index (χ2n) is 9.05. The van der Waals surface area contributed by atoms with Gasteiger partial charge in [0.1, 0.15) is 11.6 Å². The molecular weight excluding hydrogens is 478 g/mol. The van der Waals surface area contributed by atoms with Gasteiger partial charge in [-0.3, -0.25) is 14.6 Å². The third-order valence-corrected chi connectivity index (χ3v) is 6.41. The maximum Gasteiger partial charge on any atom is 0.268 e. The standard InChI is InChI=1S/C28H22F2N4O3/c1-17-15-37-25-11-19(4-6-21(17)25)3-2-18-5-7-24-23(10-18)22(8-9-32-24)27(36)33-14-26(35)34-16-28(29,30)12-20(34)13-31/h2-11,15,20H,12,14,16H2,1H3,(H,33,36)/b3-2+. The van der Waals surface area contributed by atoms with E-state index in [1.165, 1.54) is 12.3 Å². The number of furan rings is 1. The van der Waals surface area contributed by atoms with E-state index in [2.05, 4.69) is 10.3 Å². The first kappa shape index (κ1) is 24.1. The lowest BCUT2D eigenvalue weighted by molar-refractivity contribution is -0.131. The number of amides is 2. The van der Waals surface area contributed by atoms with Crippen LogP contribution in [0.5, 0.6) is 0 Å². The Morgan fingerprint density at radius 2 is 1.95 bits per heavy atom. The predicted octanol–water partition coefficient (Wildman–Crippen LogP) is 4.95. The van der Waals surface area contributed by atoms with Gasteiger partial charge in [-0.25, -0.2) is 8.78 Å². The van der Waals surface area contributed by atoms with Crippen LogP contribution in [0.1, 0.15) is 33.5 Å². The fourth-order valence-electron chi connectivity index (χ4n) is 4.49. The summed E-state index contributed by atoms with van der Waals surface area (Å²) in [5, 5.41) is 13.2. The smallest absolute Gasteiger partial charge is 0.268 e. The van der Waals surface area contributed by atoms with Crippen LogP contribution in [0.4, 0.5) is 8.78 Å². The monoisotopic (exact) mass is 500 g/mol. The van der Waals surface area contributed by atoms with Gasteiger partial charge in [0.2, 0.25) is 5.91 Å². The molecule has 0 bridgehead atoms. The zero-order chi connectivity index (χ0) is 26.2. The molecule has 1 atom stereocenters. The molecule has 186 valence electrons. The molecule has 0 radical (unpaired) electrons. The number of aryl methyl sites for hydroxylation is 1. The van der Waals surface area contributed by atoms with Gasteiger partial charge in [-0.05, 0) is 47.9 Å². The number of nitrogens with zero attached hydrogens (tertiary/aromatic N) is 3. The fraction of sp³-hybridized carbons (Fsp3) is 0.214. The van der Waals surface area contributed by atoms with E-state index in [0.29, 0.717) is 16.5 Å². The number of halogens is 2. The van der Waals surface area contributed by atoms with Gasteiger partial charge in [0.25, 0.3) is 11.8 Å². The zero-order valence-electron chi connectivity index (χ0n) is 19.9. The lowest BCUT2D eigenvalue weighted by atomic mass is 10.0. The summed E-state index contributed by atoms with van der Waals surface area (Å²) < 4.78 is 32.9. The first-order chi connectivity index (χ1) is 17.7. The molecule has 3 heterocycles.